The number of nitrogens with one attached hydrogen (secondary N) is 2. The van der Waals surface area contributed by atoms with Gasteiger partial charge in [-0.1, -0.05) is 11.6 Å². The third kappa shape index (κ3) is 5.44. The van der Waals surface area contributed by atoms with Crippen molar-refractivity contribution < 1.29 is 9.59 Å². The van der Waals surface area contributed by atoms with E-state index in [-0.39, 0.29) is 10.8 Å². The van der Waals surface area contributed by atoms with Crippen LogP contribution in [0.3, 0.4) is 0 Å². The molecule has 0 fully saturated rings. The first-order chi connectivity index (χ1) is 11.7. The zero-order valence-electron chi connectivity index (χ0n) is 15.4. The van der Waals surface area contributed by atoms with Gasteiger partial charge in [0.1, 0.15) is 10.8 Å². The van der Waals surface area contributed by atoms with Crippen LogP contribution in [-0.4, -0.2) is 43.8 Å². The van der Waals surface area contributed by atoms with Gasteiger partial charge in [-0.25, -0.2) is 0 Å². The van der Waals surface area contributed by atoms with Gasteiger partial charge in [0, 0.05) is 24.3 Å². The first-order valence-electron chi connectivity index (χ1n) is 8.36. The maximum Gasteiger partial charge on any atom is 0.139 e. The Bertz CT molecular complexity index is 724. The van der Waals surface area contributed by atoms with E-state index in [9.17, 15) is 5.11 Å². The van der Waals surface area contributed by atoms with Crippen molar-refractivity contribution in [2.45, 2.75) is 13.3 Å². The lowest BCUT2D eigenvalue weighted by Crippen LogP contribution is -2.36. The molecule has 0 heterocycles. The molecule has 5 N–H and O–H groups in total. The summed E-state index contributed by atoms with van der Waals surface area (Å²) in [6, 6.07) is 9.81. The van der Waals surface area contributed by atoms with Gasteiger partial charge in [-0.2, -0.15) is 0 Å². The lowest BCUT2D eigenvalue weighted by Gasteiger charge is -2.23. The number of benzene rings is 2. The number of aryl methyl sites for hydroxylation is 1. The average molecular weight is 364 g/mol. The molecule has 0 aliphatic carbocycles. The van der Waals surface area contributed by atoms with Crippen molar-refractivity contribution in [1.82, 2.24) is 0 Å². The summed E-state index contributed by atoms with van der Waals surface area (Å²) in [4.78, 5) is 0. The molecule has 5 nitrogen and oxygen atoms in total. The first kappa shape index (κ1) is 19.2. The molecule has 0 saturated heterocycles. The van der Waals surface area contributed by atoms with Gasteiger partial charge >= 0.3 is 0 Å². The largest absolute Gasteiger partial charge is 0.506 e. The van der Waals surface area contributed by atoms with Crippen LogP contribution in [-0.2, 0) is 0 Å². The minimum atomic E-state index is 0.0261. The maximum absolute atomic E-state index is 9.82. The predicted molar refractivity (Wildman–Crippen MR) is 108 cm³/mol. The van der Waals surface area contributed by atoms with Crippen LogP contribution in [0.4, 0.5) is 22.7 Å². The second kappa shape index (κ2) is 7.85. The zero-order valence-corrected chi connectivity index (χ0v) is 16.1. The van der Waals surface area contributed by atoms with Crippen LogP contribution in [0.1, 0.15) is 12.0 Å². The number of nitrogens with two attached hydrogens (primary N) is 1. The topological polar surface area (TPSA) is 70.3 Å². The molecule has 0 aliphatic rings. The number of hydrogen-bond acceptors (Lipinski definition) is 4. The number of nitrogens with zero attached hydrogens (tertiary/aromatic N) is 1. The fourth-order valence-electron chi connectivity index (χ4n) is 2.50. The van der Waals surface area contributed by atoms with Crippen molar-refractivity contribution in [3.63, 3.8) is 0 Å². The molecule has 25 heavy (non-hydrogen) atoms. The van der Waals surface area contributed by atoms with Gasteiger partial charge in [-0.15, -0.1) is 0 Å². The normalized spacial score (nSPS) is 11.4. The van der Waals surface area contributed by atoms with E-state index in [0.29, 0.717) is 16.9 Å². The van der Waals surface area contributed by atoms with Gasteiger partial charge < -0.3 is 26.0 Å². The summed E-state index contributed by atoms with van der Waals surface area (Å²) in [5.74, 6) is 0.0261. The van der Waals surface area contributed by atoms with Gasteiger partial charge in [-0.3, -0.25) is 0 Å². The average Bonchev–Trinajstić information content (AvgIpc) is 2.55. The summed E-state index contributed by atoms with van der Waals surface area (Å²) in [6.45, 7) is 3.87. The molecule has 6 heteroatoms. The molecule has 2 aromatic carbocycles. The van der Waals surface area contributed by atoms with Crippen LogP contribution in [0.2, 0.25) is 5.02 Å². The quantitative estimate of drug-likeness (QED) is 0.258. The Morgan fingerprint density at radius 1 is 1.12 bits per heavy atom. The minimum absolute atomic E-state index is 0.0261. The molecule has 0 amide bonds. The van der Waals surface area contributed by atoms with Crippen LogP contribution in [0.25, 0.3) is 0 Å². The monoisotopic (exact) mass is 363 g/mol. The summed E-state index contributed by atoms with van der Waals surface area (Å²) in [6.07, 6.45) is 1.12. The van der Waals surface area contributed by atoms with Crippen molar-refractivity contribution in [2.75, 3.05) is 50.6 Å². The molecule has 0 aromatic heterocycles. The third-order valence-electron chi connectivity index (χ3n) is 3.97. The first-order valence-corrected chi connectivity index (χ1v) is 8.74. The highest BCUT2D eigenvalue weighted by atomic mass is 35.5. The Kier molecular flexibility index (Phi) is 6.03. The number of phenols is 1. The molecule has 2 aromatic rings. The van der Waals surface area contributed by atoms with Crippen molar-refractivity contribution in [2.24, 2.45) is 0 Å². The van der Waals surface area contributed by atoms with Gasteiger partial charge in [0.2, 0.25) is 0 Å². The Labute approximate surface area is 155 Å². The van der Waals surface area contributed by atoms with E-state index >= 15 is 0 Å². The molecule has 0 unspecified atom stereocenters. The molecule has 0 saturated carbocycles. The molecule has 0 spiro atoms. The summed E-state index contributed by atoms with van der Waals surface area (Å²) in [5.41, 5.74) is 9.67. The van der Waals surface area contributed by atoms with E-state index in [1.807, 2.05) is 24.3 Å². The molecular weight excluding hydrogens is 336 g/mol. The second-order valence-electron chi connectivity index (χ2n) is 7.31. The maximum atomic E-state index is 9.82. The fraction of sp³-hybridized carbons (Fsp3) is 0.368. The van der Waals surface area contributed by atoms with Gasteiger partial charge in [0.05, 0.1) is 39.1 Å². The predicted octanol–water partition coefficient (Wildman–Crippen LogP) is 4.19. The Balaban J connectivity index is 1.97. The molecule has 0 bridgehead atoms. The summed E-state index contributed by atoms with van der Waals surface area (Å²) >= 11 is 6.06. The number of nitrogen functional groups attached to an aromatic ring is 1. The highest BCUT2D eigenvalue weighted by Gasteiger charge is 2.12. The highest BCUT2D eigenvalue weighted by molar-refractivity contribution is 6.35. The molecule has 0 aliphatic heterocycles. The Morgan fingerprint density at radius 2 is 1.72 bits per heavy atom. The Hall–Kier alpha value is -2.11. The van der Waals surface area contributed by atoms with Crippen LogP contribution < -0.4 is 16.4 Å². The van der Waals surface area contributed by atoms with E-state index in [0.717, 1.165) is 35.4 Å². The second-order valence-corrected chi connectivity index (χ2v) is 7.69. The van der Waals surface area contributed by atoms with Gasteiger partial charge in [0.25, 0.3) is 0 Å². The van der Waals surface area contributed by atoms with Crippen LogP contribution in [0, 0.1) is 6.92 Å². The SMILES string of the molecule is Cc1cc(Nc2ccc(NCCC[N+](C)(C)C)cc2)c(N)c(Cl)c1O. The van der Waals surface area contributed by atoms with Gasteiger partial charge in [0.15, 0.2) is 0 Å². The molecule has 136 valence electrons. The molecular formula is C19H28ClN4O+. The van der Waals surface area contributed by atoms with Gasteiger partial charge in [-0.05, 0) is 42.8 Å². The smallest absolute Gasteiger partial charge is 0.139 e. The lowest BCUT2D eigenvalue weighted by atomic mass is 10.1. The van der Waals surface area contributed by atoms with E-state index in [1.54, 1.807) is 13.0 Å². The standard InChI is InChI=1S/C19H27ClN4O/c1-13-12-16(18(21)17(20)19(13)25)23-15-8-6-14(7-9-15)22-10-5-11-24(2,3)4/h6-9,12,22-23H,5,10-11,21H2,1-4H3/p+1. The summed E-state index contributed by atoms with van der Waals surface area (Å²) in [7, 11) is 6.59. The van der Waals surface area contributed by atoms with Crippen molar-refractivity contribution in [3.8, 4) is 5.75 Å². The van der Waals surface area contributed by atoms with E-state index in [1.165, 1.54) is 0 Å². The van der Waals surface area contributed by atoms with E-state index in [4.69, 9.17) is 17.3 Å². The number of phenolic OH excluding ortho intramolecular Hbond substituents is 1. The fourth-order valence-corrected chi connectivity index (χ4v) is 2.75. The number of anilines is 4. The number of halogens is 1. The highest BCUT2D eigenvalue weighted by Crippen LogP contribution is 2.39. The minimum Gasteiger partial charge on any atom is -0.506 e. The summed E-state index contributed by atoms with van der Waals surface area (Å²) < 4.78 is 0.973. The lowest BCUT2D eigenvalue weighted by molar-refractivity contribution is -0.870. The van der Waals surface area contributed by atoms with Crippen molar-refractivity contribution in [3.05, 3.63) is 40.9 Å². The molecule has 0 radical (unpaired) electrons. The zero-order chi connectivity index (χ0) is 18.6. The van der Waals surface area contributed by atoms with Crippen LogP contribution in [0.5, 0.6) is 5.75 Å². The number of quaternary nitrogens is 1. The number of hydrogen-bond donors (Lipinski definition) is 4. The van der Waals surface area contributed by atoms with Crippen LogP contribution >= 0.6 is 11.6 Å². The summed E-state index contributed by atoms with van der Waals surface area (Å²) in [5, 5.41) is 16.7. The third-order valence-corrected chi connectivity index (χ3v) is 4.35. The number of aromatic hydroxyl groups is 1. The molecule has 0 atom stereocenters. The van der Waals surface area contributed by atoms with E-state index < -0.39 is 0 Å². The number of rotatable bonds is 7. The van der Waals surface area contributed by atoms with E-state index in [2.05, 4.69) is 31.8 Å². The van der Waals surface area contributed by atoms with Crippen LogP contribution in [0.15, 0.2) is 30.3 Å². The van der Waals surface area contributed by atoms with Crippen molar-refractivity contribution >= 4 is 34.4 Å². The Morgan fingerprint density at radius 3 is 2.32 bits per heavy atom. The molecule has 2 rings (SSSR count). The van der Waals surface area contributed by atoms with Crippen molar-refractivity contribution in [1.29, 1.82) is 0 Å².